The van der Waals surface area contributed by atoms with E-state index in [0.717, 1.165) is 62.7 Å². The predicted molar refractivity (Wildman–Crippen MR) is 96.6 cm³/mol. The van der Waals surface area contributed by atoms with Crippen LogP contribution in [0, 0.1) is 18.8 Å². The Hall–Kier alpha value is -1.66. The fourth-order valence-electron chi connectivity index (χ4n) is 4.06. The second-order valence-corrected chi connectivity index (χ2v) is 8.46. The van der Waals surface area contributed by atoms with E-state index in [1.54, 1.807) is 0 Å². The predicted octanol–water partition coefficient (Wildman–Crippen LogP) is 3.12. The van der Waals surface area contributed by atoms with Gasteiger partial charge in [-0.3, -0.25) is 9.58 Å². The highest BCUT2D eigenvalue weighted by atomic mass is 16.5. The highest BCUT2D eigenvalue weighted by Crippen LogP contribution is 2.35. The van der Waals surface area contributed by atoms with Crippen LogP contribution in [0.2, 0.25) is 0 Å². The molecule has 26 heavy (non-hydrogen) atoms. The van der Waals surface area contributed by atoms with E-state index in [-0.39, 0.29) is 0 Å². The monoisotopic (exact) mass is 356 g/mol. The van der Waals surface area contributed by atoms with Crippen molar-refractivity contribution in [3.63, 3.8) is 0 Å². The Morgan fingerprint density at radius 3 is 2.77 bits per heavy atom. The molecule has 1 aliphatic heterocycles. The summed E-state index contributed by atoms with van der Waals surface area (Å²) in [6.45, 7) is 7.51. The van der Waals surface area contributed by atoms with Gasteiger partial charge in [-0.2, -0.15) is 5.10 Å². The summed E-state index contributed by atoms with van der Waals surface area (Å²) in [7, 11) is 0. The summed E-state index contributed by atoms with van der Waals surface area (Å²) in [5.41, 5.74) is 3.78. The quantitative estimate of drug-likeness (QED) is 0.727. The molecule has 2 fully saturated rings. The fourth-order valence-corrected chi connectivity index (χ4v) is 4.06. The Labute approximate surface area is 154 Å². The minimum atomic E-state index is 0.395. The minimum Gasteiger partial charge on any atom is -0.380 e. The van der Waals surface area contributed by atoms with Gasteiger partial charge in [0.15, 0.2) is 0 Å². The highest BCUT2D eigenvalue weighted by molar-refractivity contribution is 5.26. The van der Waals surface area contributed by atoms with Crippen molar-refractivity contribution in [3.05, 3.63) is 35.0 Å². The SMILES string of the molecule is Cc1cc(CN2Cc3cnn(CC4CC4)c3C(COCC3CC3)C2)no1. The number of rotatable bonds is 8. The Morgan fingerprint density at radius 2 is 2.04 bits per heavy atom. The van der Waals surface area contributed by atoms with Crippen molar-refractivity contribution in [1.29, 1.82) is 0 Å². The highest BCUT2D eigenvalue weighted by Gasteiger charge is 2.32. The smallest absolute Gasteiger partial charge is 0.133 e. The van der Waals surface area contributed by atoms with E-state index in [1.807, 2.05) is 13.0 Å². The summed E-state index contributed by atoms with van der Waals surface area (Å²) in [5.74, 6) is 2.91. The summed E-state index contributed by atoms with van der Waals surface area (Å²) < 4.78 is 13.6. The van der Waals surface area contributed by atoms with Gasteiger partial charge < -0.3 is 9.26 Å². The maximum absolute atomic E-state index is 6.10. The van der Waals surface area contributed by atoms with Gasteiger partial charge in [0, 0.05) is 56.0 Å². The van der Waals surface area contributed by atoms with Crippen LogP contribution in [-0.2, 0) is 24.4 Å². The summed E-state index contributed by atoms with van der Waals surface area (Å²) in [6, 6.07) is 2.03. The molecule has 140 valence electrons. The van der Waals surface area contributed by atoms with Gasteiger partial charge in [0.25, 0.3) is 0 Å². The van der Waals surface area contributed by atoms with Gasteiger partial charge in [-0.15, -0.1) is 0 Å². The van der Waals surface area contributed by atoms with Crippen molar-refractivity contribution in [1.82, 2.24) is 19.8 Å². The standard InChI is InChI=1S/C20H28N4O2/c1-14-6-19(22-26-14)11-23-9-17-7-21-24(8-15-2-3-15)20(17)18(10-23)13-25-12-16-4-5-16/h6-7,15-16,18H,2-5,8-13H2,1H3. The topological polar surface area (TPSA) is 56.3 Å². The lowest BCUT2D eigenvalue weighted by atomic mass is 9.96. The molecule has 0 saturated heterocycles. The summed E-state index contributed by atoms with van der Waals surface area (Å²) in [5, 5.41) is 8.90. The molecule has 2 saturated carbocycles. The van der Waals surface area contributed by atoms with Crippen molar-refractivity contribution in [2.75, 3.05) is 19.8 Å². The Kier molecular flexibility index (Phi) is 4.33. The summed E-state index contributed by atoms with van der Waals surface area (Å²) >= 11 is 0. The number of hydrogen-bond donors (Lipinski definition) is 0. The lowest BCUT2D eigenvalue weighted by molar-refractivity contribution is 0.0859. The van der Waals surface area contributed by atoms with Crippen molar-refractivity contribution >= 4 is 0 Å². The maximum Gasteiger partial charge on any atom is 0.133 e. The molecule has 3 heterocycles. The second kappa shape index (κ2) is 6.82. The molecule has 0 aromatic carbocycles. The van der Waals surface area contributed by atoms with Crippen molar-refractivity contribution < 1.29 is 9.26 Å². The van der Waals surface area contributed by atoms with Crippen LogP contribution in [0.25, 0.3) is 0 Å². The van der Waals surface area contributed by atoms with E-state index in [0.29, 0.717) is 5.92 Å². The Morgan fingerprint density at radius 1 is 1.19 bits per heavy atom. The molecule has 0 amide bonds. The molecule has 1 atom stereocenters. The lowest BCUT2D eigenvalue weighted by Gasteiger charge is -2.33. The normalized spacial score (nSPS) is 23.3. The van der Waals surface area contributed by atoms with Gasteiger partial charge >= 0.3 is 0 Å². The van der Waals surface area contributed by atoms with E-state index < -0.39 is 0 Å². The minimum absolute atomic E-state index is 0.395. The van der Waals surface area contributed by atoms with Crippen molar-refractivity contribution in [2.45, 2.75) is 58.2 Å². The number of aromatic nitrogens is 3. The van der Waals surface area contributed by atoms with Crippen molar-refractivity contribution in [2.24, 2.45) is 11.8 Å². The van der Waals surface area contributed by atoms with Crippen LogP contribution >= 0.6 is 0 Å². The van der Waals surface area contributed by atoms with Gasteiger partial charge in [-0.25, -0.2) is 0 Å². The zero-order valence-electron chi connectivity index (χ0n) is 15.6. The maximum atomic E-state index is 6.10. The van der Waals surface area contributed by atoms with Crippen LogP contribution in [0.5, 0.6) is 0 Å². The molecule has 5 rings (SSSR count). The van der Waals surface area contributed by atoms with Crippen LogP contribution in [-0.4, -0.2) is 39.6 Å². The number of nitrogens with zero attached hydrogens (tertiary/aromatic N) is 4. The Bertz CT molecular complexity index is 760. The molecule has 0 N–H and O–H groups in total. The molecule has 0 bridgehead atoms. The molecule has 2 aliphatic carbocycles. The third kappa shape index (κ3) is 3.71. The van der Waals surface area contributed by atoms with E-state index in [2.05, 4.69) is 20.9 Å². The molecular weight excluding hydrogens is 328 g/mol. The Balaban J connectivity index is 1.32. The van der Waals surface area contributed by atoms with Crippen LogP contribution in [0.1, 0.15) is 54.3 Å². The largest absolute Gasteiger partial charge is 0.380 e. The first kappa shape index (κ1) is 16.5. The first-order chi connectivity index (χ1) is 12.7. The lowest BCUT2D eigenvalue weighted by Crippen LogP contribution is -2.36. The molecule has 0 radical (unpaired) electrons. The first-order valence-electron chi connectivity index (χ1n) is 10.0. The van der Waals surface area contributed by atoms with Gasteiger partial charge in [-0.1, -0.05) is 5.16 Å². The average molecular weight is 356 g/mol. The van der Waals surface area contributed by atoms with E-state index in [4.69, 9.17) is 14.4 Å². The van der Waals surface area contributed by atoms with Gasteiger partial charge in [-0.05, 0) is 44.4 Å². The molecule has 6 heteroatoms. The second-order valence-electron chi connectivity index (χ2n) is 8.46. The van der Waals surface area contributed by atoms with Gasteiger partial charge in [0.2, 0.25) is 0 Å². The van der Waals surface area contributed by atoms with Gasteiger partial charge in [0.05, 0.1) is 18.5 Å². The van der Waals surface area contributed by atoms with Crippen molar-refractivity contribution in [3.8, 4) is 0 Å². The van der Waals surface area contributed by atoms with Crippen LogP contribution in [0.3, 0.4) is 0 Å². The zero-order chi connectivity index (χ0) is 17.5. The van der Waals surface area contributed by atoms with Crippen LogP contribution < -0.4 is 0 Å². The molecule has 3 aliphatic rings. The number of ether oxygens (including phenoxy) is 1. The molecular formula is C20H28N4O2. The summed E-state index contributed by atoms with van der Waals surface area (Å²) in [6.07, 6.45) is 7.47. The third-order valence-corrected chi connectivity index (χ3v) is 5.78. The van der Waals surface area contributed by atoms with E-state index >= 15 is 0 Å². The number of fused-ring (bicyclic) bond motifs is 1. The molecule has 6 nitrogen and oxygen atoms in total. The first-order valence-corrected chi connectivity index (χ1v) is 10.0. The number of hydrogen-bond acceptors (Lipinski definition) is 5. The van der Waals surface area contributed by atoms with Crippen LogP contribution in [0.15, 0.2) is 16.8 Å². The van der Waals surface area contributed by atoms with E-state index in [1.165, 1.54) is 36.9 Å². The molecule has 2 aromatic rings. The van der Waals surface area contributed by atoms with E-state index in [9.17, 15) is 0 Å². The van der Waals surface area contributed by atoms with Gasteiger partial charge in [0.1, 0.15) is 5.76 Å². The average Bonchev–Trinajstić information content (AvgIpc) is 3.53. The summed E-state index contributed by atoms with van der Waals surface area (Å²) in [4.78, 5) is 2.45. The number of aryl methyl sites for hydroxylation is 1. The third-order valence-electron chi connectivity index (χ3n) is 5.78. The molecule has 0 spiro atoms. The van der Waals surface area contributed by atoms with Crippen LogP contribution in [0.4, 0.5) is 0 Å². The fraction of sp³-hybridized carbons (Fsp3) is 0.700. The molecule has 1 unspecified atom stereocenters. The zero-order valence-corrected chi connectivity index (χ0v) is 15.6. The molecule has 2 aromatic heterocycles.